The fourth-order valence-corrected chi connectivity index (χ4v) is 5.08. The van der Waals surface area contributed by atoms with Gasteiger partial charge in [0, 0.05) is 30.9 Å². The predicted molar refractivity (Wildman–Crippen MR) is 136 cm³/mol. The van der Waals surface area contributed by atoms with Crippen molar-refractivity contribution < 1.29 is 14.7 Å². The van der Waals surface area contributed by atoms with E-state index in [9.17, 15) is 9.18 Å². The molecule has 0 saturated heterocycles. The summed E-state index contributed by atoms with van der Waals surface area (Å²) in [5, 5.41) is 12.2. The molecular weight excluding hydrogens is 445 g/mol. The number of aryl methyl sites for hydroxylation is 1. The van der Waals surface area contributed by atoms with Crippen LogP contribution in [0.15, 0.2) is 53.6 Å². The van der Waals surface area contributed by atoms with Crippen LogP contribution in [0, 0.1) is 11.7 Å². The number of nitrogens with two attached hydrogens (primary N) is 1. The van der Waals surface area contributed by atoms with Crippen LogP contribution < -0.4 is 21.7 Å². The van der Waals surface area contributed by atoms with Gasteiger partial charge in [0.05, 0.1) is 0 Å². The molecule has 188 valence electrons. The molecule has 2 amide bonds. The van der Waals surface area contributed by atoms with Gasteiger partial charge in [0.15, 0.2) is 0 Å². The molecule has 2 aromatic rings. The zero-order valence-electron chi connectivity index (χ0n) is 20.6. The van der Waals surface area contributed by atoms with Crippen molar-refractivity contribution in [2.75, 3.05) is 32.5 Å². The van der Waals surface area contributed by atoms with Gasteiger partial charge < -0.3 is 15.5 Å². The van der Waals surface area contributed by atoms with Gasteiger partial charge in [-0.25, -0.2) is 14.2 Å². The molecule has 9 heteroatoms. The highest BCUT2D eigenvalue weighted by molar-refractivity contribution is 6.00. The molecule has 2 aromatic carbocycles. The first kappa shape index (κ1) is 25.1. The number of hydrogen-bond acceptors (Lipinski definition) is 5. The number of amides is 2. The van der Waals surface area contributed by atoms with Crippen molar-refractivity contribution >= 4 is 17.6 Å². The molecule has 4 rings (SSSR count). The van der Waals surface area contributed by atoms with E-state index < -0.39 is 0 Å². The molecule has 8 nitrogen and oxygen atoms in total. The van der Waals surface area contributed by atoms with Gasteiger partial charge in [0.2, 0.25) is 5.84 Å². The summed E-state index contributed by atoms with van der Waals surface area (Å²) >= 11 is 0. The number of rotatable bonds is 9. The molecular formula is C26H37FN7O+. The number of carbonyl (C=O) groups excluding carboxylic acids is 1. The van der Waals surface area contributed by atoms with Crippen molar-refractivity contribution in [3.63, 3.8) is 0 Å². The van der Waals surface area contributed by atoms with Gasteiger partial charge in [-0.1, -0.05) is 37.1 Å². The lowest BCUT2D eigenvalue weighted by atomic mass is 9.83. The van der Waals surface area contributed by atoms with Crippen LogP contribution in [0.4, 0.5) is 14.9 Å². The third-order valence-electron chi connectivity index (χ3n) is 6.98. The van der Waals surface area contributed by atoms with Crippen LogP contribution >= 0.6 is 0 Å². The first-order valence-corrected chi connectivity index (χ1v) is 12.5. The summed E-state index contributed by atoms with van der Waals surface area (Å²) in [6.07, 6.45) is 6.69. The standard InChI is InChI=1S/C26H36FN7O/c1-33(16-6-7-19-12-14-22(27)15-13-19)24-11-4-3-8-21(24)18-28-26(35)29-23-10-5-9-20(17-23)25-30-31-32-34(25)2/h5,9-10,12-15,17,21,24,31-32H,3-4,6-8,11,16,18H2,1-2H3,(H2,28,29,35)/p+1/t21-,24+/m0/s1. The Hall–Kier alpha value is -3.01. The minimum Gasteiger partial charge on any atom is -0.338 e. The highest BCUT2D eigenvalue weighted by Gasteiger charge is 2.28. The van der Waals surface area contributed by atoms with Gasteiger partial charge in [-0.2, -0.15) is 0 Å². The van der Waals surface area contributed by atoms with E-state index in [4.69, 9.17) is 0 Å². The van der Waals surface area contributed by atoms with Gasteiger partial charge in [-0.05, 0) is 85.7 Å². The summed E-state index contributed by atoms with van der Waals surface area (Å²) in [5.41, 5.74) is 7.49. The molecule has 35 heavy (non-hydrogen) atoms. The molecule has 2 atom stereocenters. The molecule has 1 aliphatic carbocycles. The average molecular weight is 483 g/mol. The predicted octanol–water partition coefficient (Wildman–Crippen LogP) is 2.66. The van der Waals surface area contributed by atoms with E-state index in [0.29, 0.717) is 18.5 Å². The maximum Gasteiger partial charge on any atom is 0.319 e. The van der Waals surface area contributed by atoms with Crippen molar-refractivity contribution in [1.82, 2.24) is 20.8 Å². The Morgan fingerprint density at radius 3 is 2.80 bits per heavy atom. The topological polar surface area (TPSA) is 88.6 Å². The number of carbonyl (C=O) groups is 1. The molecule has 0 aromatic heterocycles. The van der Waals surface area contributed by atoms with Gasteiger partial charge in [0.1, 0.15) is 5.82 Å². The summed E-state index contributed by atoms with van der Waals surface area (Å²) in [6.45, 7) is 1.65. The second kappa shape index (κ2) is 12.1. The number of anilines is 1. The molecule has 0 bridgehead atoms. The molecule has 0 spiro atoms. The summed E-state index contributed by atoms with van der Waals surface area (Å²) < 4.78 is 13.1. The Balaban J connectivity index is 1.25. The van der Waals surface area contributed by atoms with Crippen LogP contribution in [0.3, 0.4) is 0 Å². The van der Waals surface area contributed by atoms with Crippen molar-refractivity contribution in [2.45, 2.75) is 44.6 Å². The van der Waals surface area contributed by atoms with Gasteiger partial charge in [0.25, 0.3) is 0 Å². The second-order valence-electron chi connectivity index (χ2n) is 9.51. The molecule has 1 saturated carbocycles. The maximum absolute atomic E-state index is 13.1. The van der Waals surface area contributed by atoms with Gasteiger partial charge in [-0.3, -0.25) is 0 Å². The number of halogens is 1. The van der Waals surface area contributed by atoms with E-state index in [0.717, 1.165) is 49.3 Å². The fourth-order valence-electron chi connectivity index (χ4n) is 5.08. The zero-order chi connectivity index (χ0) is 24.6. The highest BCUT2D eigenvalue weighted by atomic mass is 19.1. The van der Waals surface area contributed by atoms with Crippen LogP contribution in [0.2, 0.25) is 0 Å². The number of quaternary nitrogens is 1. The number of urea groups is 1. The van der Waals surface area contributed by atoms with Crippen LogP contribution in [0.5, 0.6) is 0 Å². The summed E-state index contributed by atoms with van der Waals surface area (Å²) in [6, 6.07) is 14.8. The number of nitrogens with one attached hydrogen (secondary N) is 3. The number of hydrazine groups is 1. The minimum atomic E-state index is -0.188. The number of nitrogens with zero attached hydrogens (tertiary/aromatic N) is 3. The molecule has 5 N–H and O–H groups in total. The first-order chi connectivity index (χ1) is 17.0. The average Bonchev–Trinajstić information content (AvgIpc) is 3.30. The smallest absolute Gasteiger partial charge is 0.319 e. The number of amidine groups is 1. The normalized spacial score (nSPS) is 20.1. The van der Waals surface area contributed by atoms with Gasteiger partial charge >= 0.3 is 6.03 Å². The Bertz CT molecular complexity index is 1010. The van der Waals surface area contributed by atoms with E-state index in [2.05, 4.69) is 33.2 Å². The Morgan fingerprint density at radius 2 is 2.03 bits per heavy atom. The highest BCUT2D eigenvalue weighted by Crippen LogP contribution is 2.28. The largest absolute Gasteiger partial charge is 0.338 e. The van der Waals surface area contributed by atoms with E-state index in [-0.39, 0.29) is 11.8 Å². The quantitative estimate of drug-likeness (QED) is 0.414. The van der Waals surface area contributed by atoms with E-state index >= 15 is 0 Å². The Labute approximate surface area is 206 Å². The van der Waals surface area contributed by atoms with Gasteiger partial charge in [-0.15, -0.1) is 5.53 Å². The third kappa shape index (κ3) is 7.00. The van der Waals surface area contributed by atoms with E-state index in [1.54, 1.807) is 5.53 Å². The van der Waals surface area contributed by atoms with Crippen molar-refractivity contribution in [3.05, 3.63) is 65.5 Å². The van der Waals surface area contributed by atoms with Crippen molar-refractivity contribution in [3.8, 4) is 0 Å². The number of benzene rings is 2. The summed E-state index contributed by atoms with van der Waals surface area (Å²) in [7, 11) is 4.09. The third-order valence-corrected chi connectivity index (χ3v) is 6.98. The van der Waals surface area contributed by atoms with Crippen molar-refractivity contribution in [2.24, 2.45) is 11.0 Å². The first-order valence-electron chi connectivity index (χ1n) is 12.5. The van der Waals surface area contributed by atoms with E-state index in [1.165, 1.54) is 30.5 Å². The van der Waals surface area contributed by atoms with Crippen LogP contribution in [-0.2, 0) is 6.42 Å². The summed E-state index contributed by atoms with van der Waals surface area (Å²) in [4.78, 5) is 15.1. The van der Waals surface area contributed by atoms with Crippen LogP contribution in [-0.4, -0.2) is 55.0 Å². The molecule has 0 radical (unpaired) electrons. The lowest BCUT2D eigenvalue weighted by Crippen LogP contribution is -2.87. The molecule has 1 fully saturated rings. The molecule has 0 unspecified atom stereocenters. The van der Waals surface area contributed by atoms with Crippen LogP contribution in [0.1, 0.15) is 43.2 Å². The lowest BCUT2D eigenvalue weighted by Gasteiger charge is -2.38. The molecule has 2 aliphatic rings. The Morgan fingerprint density at radius 1 is 1.23 bits per heavy atom. The van der Waals surface area contributed by atoms with Crippen molar-refractivity contribution in [1.29, 1.82) is 0 Å². The molecule has 1 heterocycles. The maximum atomic E-state index is 13.1. The minimum absolute atomic E-state index is 0.183. The number of hydrogen-bond donors (Lipinski definition) is 4. The zero-order valence-corrected chi connectivity index (χ0v) is 20.6. The second-order valence-corrected chi connectivity index (χ2v) is 9.51. The van der Waals surface area contributed by atoms with E-state index in [1.807, 2.05) is 48.5 Å². The fraction of sp³-hybridized carbons (Fsp3) is 0.462. The molecule has 1 aliphatic heterocycles. The van der Waals surface area contributed by atoms with Crippen LogP contribution in [0.25, 0.3) is 0 Å². The Kier molecular flexibility index (Phi) is 8.68. The monoisotopic (exact) mass is 482 g/mol. The summed E-state index contributed by atoms with van der Waals surface area (Å²) in [5.74, 6) is 1.05. The SMILES string of the molecule is CN1N[NH2+]N=C1c1cccc(NC(=O)NC[C@@H]2CCCC[C@H]2N(C)CCCc2ccc(F)cc2)c1. The lowest BCUT2D eigenvalue weighted by molar-refractivity contribution is -0.724.